The van der Waals surface area contributed by atoms with Crippen molar-refractivity contribution < 1.29 is 4.79 Å². The van der Waals surface area contributed by atoms with Gasteiger partial charge in [0.2, 0.25) is 0 Å². The number of anilines is 1. The van der Waals surface area contributed by atoms with E-state index in [2.05, 4.69) is 59.5 Å². The van der Waals surface area contributed by atoms with Crippen LogP contribution in [-0.2, 0) is 12.8 Å². The van der Waals surface area contributed by atoms with Crippen LogP contribution in [0.4, 0.5) is 5.82 Å². The lowest BCUT2D eigenvalue weighted by Gasteiger charge is -2.28. The number of carbonyl (C=O) groups excluding carboxylic acids is 1. The largest absolute Gasteiger partial charge is 0.367 e. The number of benzene rings is 1. The summed E-state index contributed by atoms with van der Waals surface area (Å²) >= 11 is 0. The molecule has 5 rings (SSSR count). The van der Waals surface area contributed by atoms with Crippen LogP contribution >= 0.6 is 0 Å². The third-order valence-electron chi connectivity index (χ3n) is 6.48. The van der Waals surface area contributed by atoms with Gasteiger partial charge in [-0.3, -0.25) is 4.79 Å². The fourth-order valence-corrected chi connectivity index (χ4v) is 4.78. The molecule has 1 saturated carbocycles. The molecule has 4 heteroatoms. The number of hydrogen-bond acceptors (Lipinski definition) is 3. The number of nitrogens with one attached hydrogen (secondary N) is 2. The molecular weight excluding hydrogens is 370 g/mol. The quantitative estimate of drug-likeness (QED) is 0.571. The minimum atomic E-state index is -0.00853. The van der Waals surface area contributed by atoms with E-state index < -0.39 is 0 Å². The molecule has 2 aromatic heterocycles. The predicted octanol–water partition coefficient (Wildman–Crippen LogP) is 5.79. The van der Waals surface area contributed by atoms with Gasteiger partial charge in [0.05, 0.1) is 5.69 Å². The number of nitrogens with zero attached hydrogens (tertiary/aromatic N) is 1. The number of pyridine rings is 1. The van der Waals surface area contributed by atoms with Crippen molar-refractivity contribution in [2.75, 3.05) is 5.32 Å². The highest BCUT2D eigenvalue weighted by Crippen LogP contribution is 2.40. The first-order valence-corrected chi connectivity index (χ1v) is 11.0. The molecule has 0 saturated heterocycles. The third-order valence-corrected chi connectivity index (χ3v) is 6.48. The zero-order valence-electron chi connectivity index (χ0n) is 17.8. The SMILES string of the molecule is CC1(C)CC(=O)c2c([nH]c(-c3ccnc(NC4CCC4)c3)c2Cc2ccccc2)C1. The summed E-state index contributed by atoms with van der Waals surface area (Å²) in [6.07, 6.45) is 7.84. The van der Waals surface area contributed by atoms with Crippen molar-refractivity contribution >= 4 is 11.6 Å². The highest BCUT2D eigenvalue weighted by molar-refractivity contribution is 6.02. The average Bonchev–Trinajstić information content (AvgIpc) is 3.03. The molecular formula is C26H29N3O. The van der Waals surface area contributed by atoms with Crippen molar-refractivity contribution in [3.05, 3.63) is 71.0 Å². The Morgan fingerprint density at radius 3 is 2.67 bits per heavy atom. The standard InChI is InChI=1S/C26H29N3O/c1-26(2)15-21-24(22(30)16-26)20(13-17-7-4-3-5-8-17)25(29-21)18-11-12-27-23(14-18)28-19-9-6-10-19/h3-5,7-8,11-12,14,19,29H,6,9-10,13,15-16H2,1-2H3,(H,27,28). The van der Waals surface area contributed by atoms with Crippen molar-refractivity contribution in [1.29, 1.82) is 0 Å². The number of rotatable bonds is 5. The van der Waals surface area contributed by atoms with E-state index in [-0.39, 0.29) is 11.2 Å². The van der Waals surface area contributed by atoms with Crippen LogP contribution in [0.1, 0.15) is 66.7 Å². The van der Waals surface area contributed by atoms with Gasteiger partial charge in [-0.1, -0.05) is 44.2 Å². The Morgan fingerprint density at radius 2 is 1.93 bits per heavy atom. The van der Waals surface area contributed by atoms with E-state index in [1.165, 1.54) is 24.8 Å². The van der Waals surface area contributed by atoms with Gasteiger partial charge < -0.3 is 10.3 Å². The summed E-state index contributed by atoms with van der Waals surface area (Å²) in [5, 5.41) is 3.55. The van der Waals surface area contributed by atoms with Gasteiger partial charge in [0.15, 0.2) is 5.78 Å². The van der Waals surface area contributed by atoms with E-state index in [0.717, 1.165) is 46.7 Å². The molecule has 1 fully saturated rings. The second-order valence-corrected chi connectivity index (χ2v) is 9.64. The second-order valence-electron chi connectivity index (χ2n) is 9.64. The van der Waals surface area contributed by atoms with Crippen LogP contribution < -0.4 is 5.32 Å². The molecule has 0 spiro atoms. The van der Waals surface area contributed by atoms with Gasteiger partial charge in [-0.05, 0) is 54.4 Å². The summed E-state index contributed by atoms with van der Waals surface area (Å²) in [5.41, 5.74) is 6.50. The Kier molecular flexibility index (Phi) is 4.73. The fraction of sp³-hybridized carbons (Fsp3) is 0.385. The molecule has 0 unspecified atom stereocenters. The monoisotopic (exact) mass is 399 g/mol. The number of H-pyrrole nitrogens is 1. The number of carbonyl (C=O) groups is 1. The van der Waals surface area contributed by atoms with Crippen LogP contribution in [0, 0.1) is 5.41 Å². The number of Topliss-reactive ketones (excluding diaryl/α,β-unsaturated/α-hetero) is 1. The zero-order chi connectivity index (χ0) is 20.7. The van der Waals surface area contributed by atoms with Crippen LogP contribution in [0.3, 0.4) is 0 Å². The molecule has 1 aromatic carbocycles. The molecule has 0 amide bonds. The second kappa shape index (κ2) is 7.42. The van der Waals surface area contributed by atoms with Gasteiger partial charge in [0, 0.05) is 41.9 Å². The molecule has 0 atom stereocenters. The van der Waals surface area contributed by atoms with E-state index in [9.17, 15) is 4.79 Å². The Balaban J connectivity index is 1.59. The first-order chi connectivity index (χ1) is 14.5. The molecule has 154 valence electrons. The number of aromatic amines is 1. The number of fused-ring (bicyclic) bond motifs is 1. The van der Waals surface area contributed by atoms with Crippen LogP contribution in [0.5, 0.6) is 0 Å². The highest BCUT2D eigenvalue weighted by atomic mass is 16.1. The maximum Gasteiger partial charge on any atom is 0.165 e. The maximum absolute atomic E-state index is 13.2. The van der Waals surface area contributed by atoms with Gasteiger partial charge in [-0.25, -0.2) is 4.98 Å². The summed E-state index contributed by atoms with van der Waals surface area (Å²) < 4.78 is 0. The lowest BCUT2D eigenvalue weighted by molar-refractivity contribution is 0.0911. The Morgan fingerprint density at radius 1 is 1.13 bits per heavy atom. The fourth-order valence-electron chi connectivity index (χ4n) is 4.78. The molecule has 0 radical (unpaired) electrons. The van der Waals surface area contributed by atoms with Gasteiger partial charge >= 0.3 is 0 Å². The number of aromatic nitrogens is 2. The van der Waals surface area contributed by atoms with Crippen LogP contribution in [0.15, 0.2) is 48.7 Å². The van der Waals surface area contributed by atoms with Crippen molar-refractivity contribution in [3.8, 4) is 11.3 Å². The van der Waals surface area contributed by atoms with Crippen molar-refractivity contribution in [1.82, 2.24) is 9.97 Å². The molecule has 2 aliphatic carbocycles. The van der Waals surface area contributed by atoms with Gasteiger partial charge in [-0.2, -0.15) is 0 Å². The predicted molar refractivity (Wildman–Crippen MR) is 121 cm³/mol. The maximum atomic E-state index is 13.2. The molecule has 30 heavy (non-hydrogen) atoms. The van der Waals surface area contributed by atoms with Crippen molar-refractivity contribution in [3.63, 3.8) is 0 Å². The van der Waals surface area contributed by atoms with Crippen LogP contribution in [0.2, 0.25) is 0 Å². The van der Waals surface area contributed by atoms with Crippen molar-refractivity contribution in [2.24, 2.45) is 5.41 Å². The topological polar surface area (TPSA) is 57.8 Å². The normalized spacial score (nSPS) is 18.0. The molecule has 4 nitrogen and oxygen atoms in total. The van der Waals surface area contributed by atoms with Gasteiger partial charge in [-0.15, -0.1) is 0 Å². The smallest absolute Gasteiger partial charge is 0.165 e. The van der Waals surface area contributed by atoms with E-state index >= 15 is 0 Å². The molecule has 0 aliphatic heterocycles. The van der Waals surface area contributed by atoms with E-state index in [1.54, 1.807) is 0 Å². The van der Waals surface area contributed by atoms with E-state index in [1.807, 2.05) is 18.3 Å². The average molecular weight is 400 g/mol. The first-order valence-electron chi connectivity index (χ1n) is 11.0. The first kappa shape index (κ1) is 19.1. The molecule has 3 aromatic rings. The number of ketones is 1. The minimum absolute atomic E-state index is 0.00853. The molecule has 0 bridgehead atoms. The van der Waals surface area contributed by atoms with Gasteiger partial charge in [0.25, 0.3) is 0 Å². The summed E-state index contributed by atoms with van der Waals surface area (Å²) in [6, 6.07) is 15.1. The summed E-state index contributed by atoms with van der Waals surface area (Å²) in [7, 11) is 0. The lowest BCUT2D eigenvalue weighted by atomic mass is 9.75. The highest BCUT2D eigenvalue weighted by Gasteiger charge is 2.35. The summed E-state index contributed by atoms with van der Waals surface area (Å²) in [4.78, 5) is 21.4. The molecule has 2 N–H and O–H groups in total. The lowest BCUT2D eigenvalue weighted by Crippen LogP contribution is -2.27. The Bertz CT molecular complexity index is 1080. The van der Waals surface area contributed by atoms with Gasteiger partial charge in [0.1, 0.15) is 5.82 Å². The number of hydrogen-bond donors (Lipinski definition) is 2. The summed E-state index contributed by atoms with van der Waals surface area (Å²) in [6.45, 7) is 4.36. The summed E-state index contributed by atoms with van der Waals surface area (Å²) in [5.74, 6) is 1.18. The minimum Gasteiger partial charge on any atom is -0.367 e. The van der Waals surface area contributed by atoms with Crippen LogP contribution in [-0.4, -0.2) is 21.8 Å². The van der Waals surface area contributed by atoms with E-state index in [4.69, 9.17) is 0 Å². The Labute approximate surface area is 178 Å². The van der Waals surface area contributed by atoms with E-state index in [0.29, 0.717) is 12.5 Å². The zero-order valence-corrected chi connectivity index (χ0v) is 17.8. The van der Waals surface area contributed by atoms with Crippen LogP contribution in [0.25, 0.3) is 11.3 Å². The molecule has 2 aliphatic rings. The Hall–Kier alpha value is -2.88. The van der Waals surface area contributed by atoms with Crippen molar-refractivity contribution in [2.45, 2.75) is 58.4 Å². The molecule has 2 heterocycles. The third kappa shape index (κ3) is 3.67.